The normalized spacial score (nSPS) is 15.3. The van der Waals surface area contributed by atoms with E-state index in [9.17, 15) is 0 Å². The molecule has 18 heavy (non-hydrogen) atoms. The van der Waals surface area contributed by atoms with Crippen LogP contribution in [0.2, 0.25) is 5.02 Å². The molecule has 2 N–H and O–H groups in total. The van der Waals surface area contributed by atoms with Crippen molar-refractivity contribution in [3.8, 4) is 11.3 Å². The molecule has 5 heteroatoms. The zero-order valence-electron chi connectivity index (χ0n) is 9.90. The number of hydrogen-bond donors (Lipinski definition) is 1. The summed E-state index contributed by atoms with van der Waals surface area (Å²) in [6.45, 7) is 2.24. The second kappa shape index (κ2) is 4.78. The van der Waals surface area contributed by atoms with Gasteiger partial charge < -0.3 is 10.6 Å². The minimum Gasteiger partial charge on any atom is -0.398 e. The Balaban J connectivity index is 1.89. The Kier molecular flexibility index (Phi) is 3.14. The third-order valence-electron chi connectivity index (χ3n) is 3.16. The maximum atomic E-state index is 5.93. The van der Waals surface area contributed by atoms with Crippen molar-refractivity contribution in [3.63, 3.8) is 0 Å². The quantitative estimate of drug-likeness (QED) is 0.854. The number of thiazole rings is 1. The molecule has 1 saturated heterocycles. The highest BCUT2D eigenvalue weighted by Gasteiger charge is 2.16. The first-order chi connectivity index (χ1) is 8.74. The molecule has 0 atom stereocenters. The zero-order valence-corrected chi connectivity index (χ0v) is 11.5. The highest BCUT2D eigenvalue weighted by molar-refractivity contribution is 7.14. The van der Waals surface area contributed by atoms with E-state index in [0.717, 1.165) is 29.5 Å². The van der Waals surface area contributed by atoms with Gasteiger partial charge in [0, 0.05) is 24.0 Å². The number of nitrogens with two attached hydrogens (primary N) is 1. The molecule has 0 spiro atoms. The van der Waals surface area contributed by atoms with Gasteiger partial charge in [0.15, 0.2) is 5.13 Å². The minimum absolute atomic E-state index is 0.591. The van der Waals surface area contributed by atoms with Gasteiger partial charge in [0.05, 0.1) is 16.4 Å². The van der Waals surface area contributed by atoms with Gasteiger partial charge in [-0.2, -0.15) is 0 Å². The molecule has 3 rings (SSSR count). The standard InChI is InChI=1S/C13H14ClN3S/c14-10-4-3-9(7-11(10)15)12-8-18-13(16-12)17-5-1-2-6-17/h3-4,7-8H,1-2,5-6,15H2. The molecule has 1 aliphatic rings. The van der Waals surface area contributed by atoms with Crippen LogP contribution in [0.25, 0.3) is 11.3 Å². The van der Waals surface area contributed by atoms with Gasteiger partial charge in [-0.25, -0.2) is 4.98 Å². The Morgan fingerprint density at radius 1 is 1.28 bits per heavy atom. The number of aromatic nitrogens is 1. The molecular weight excluding hydrogens is 266 g/mol. The first-order valence-corrected chi connectivity index (χ1v) is 7.26. The Bertz CT molecular complexity index is 561. The number of halogens is 1. The lowest BCUT2D eigenvalue weighted by atomic mass is 10.1. The summed E-state index contributed by atoms with van der Waals surface area (Å²) in [6.07, 6.45) is 2.53. The van der Waals surface area contributed by atoms with E-state index in [-0.39, 0.29) is 0 Å². The van der Waals surface area contributed by atoms with Gasteiger partial charge in [-0.3, -0.25) is 0 Å². The smallest absolute Gasteiger partial charge is 0.185 e. The Labute approximate surface area is 115 Å². The lowest BCUT2D eigenvalue weighted by molar-refractivity contribution is 0.949. The van der Waals surface area contributed by atoms with E-state index >= 15 is 0 Å². The molecule has 0 unspecified atom stereocenters. The molecule has 1 aromatic heterocycles. The van der Waals surface area contributed by atoms with Gasteiger partial charge in [-0.1, -0.05) is 17.7 Å². The molecule has 2 heterocycles. The Morgan fingerprint density at radius 2 is 2.06 bits per heavy atom. The van der Waals surface area contributed by atoms with Crippen LogP contribution < -0.4 is 10.6 Å². The number of anilines is 2. The SMILES string of the molecule is Nc1cc(-c2csc(N3CCCC3)n2)ccc1Cl. The molecule has 0 aliphatic carbocycles. The predicted octanol–water partition coefficient (Wildman–Crippen LogP) is 3.65. The van der Waals surface area contributed by atoms with E-state index in [0.29, 0.717) is 10.7 Å². The maximum Gasteiger partial charge on any atom is 0.185 e. The Morgan fingerprint density at radius 3 is 2.78 bits per heavy atom. The van der Waals surface area contributed by atoms with Crippen molar-refractivity contribution in [2.75, 3.05) is 23.7 Å². The van der Waals surface area contributed by atoms with Gasteiger partial charge in [0.25, 0.3) is 0 Å². The fourth-order valence-corrected chi connectivity index (χ4v) is 3.16. The van der Waals surface area contributed by atoms with Gasteiger partial charge in [-0.05, 0) is 25.0 Å². The molecular formula is C13H14ClN3S. The van der Waals surface area contributed by atoms with Crippen molar-refractivity contribution < 1.29 is 0 Å². The van der Waals surface area contributed by atoms with Crippen molar-refractivity contribution in [2.45, 2.75) is 12.8 Å². The second-order valence-corrected chi connectivity index (χ2v) is 5.69. The summed E-state index contributed by atoms with van der Waals surface area (Å²) in [5.74, 6) is 0. The summed E-state index contributed by atoms with van der Waals surface area (Å²) < 4.78 is 0. The van der Waals surface area contributed by atoms with Gasteiger partial charge in [0.1, 0.15) is 0 Å². The third-order valence-corrected chi connectivity index (χ3v) is 4.41. The van der Waals surface area contributed by atoms with Gasteiger partial charge >= 0.3 is 0 Å². The van der Waals surface area contributed by atoms with Crippen molar-refractivity contribution in [1.82, 2.24) is 4.98 Å². The molecule has 94 valence electrons. The van der Waals surface area contributed by atoms with Gasteiger partial charge in [0.2, 0.25) is 0 Å². The lowest BCUT2D eigenvalue weighted by Gasteiger charge is -2.12. The fraction of sp³-hybridized carbons (Fsp3) is 0.308. The van der Waals surface area contributed by atoms with Crippen LogP contribution in [-0.2, 0) is 0 Å². The molecule has 2 aromatic rings. The highest BCUT2D eigenvalue weighted by atomic mass is 35.5. The first kappa shape index (κ1) is 11.8. The third kappa shape index (κ3) is 2.18. The van der Waals surface area contributed by atoms with E-state index in [4.69, 9.17) is 17.3 Å². The molecule has 1 fully saturated rings. The number of nitrogen functional groups attached to an aromatic ring is 1. The number of nitrogens with zero attached hydrogens (tertiary/aromatic N) is 2. The molecule has 1 aromatic carbocycles. The van der Waals surface area contributed by atoms with Crippen molar-refractivity contribution in [2.24, 2.45) is 0 Å². The zero-order chi connectivity index (χ0) is 12.5. The van der Waals surface area contributed by atoms with Crippen LogP contribution >= 0.6 is 22.9 Å². The largest absolute Gasteiger partial charge is 0.398 e. The highest BCUT2D eigenvalue weighted by Crippen LogP contribution is 2.31. The number of hydrogen-bond acceptors (Lipinski definition) is 4. The second-order valence-electron chi connectivity index (χ2n) is 4.45. The van der Waals surface area contributed by atoms with Crippen LogP contribution in [0, 0.1) is 0 Å². The molecule has 0 radical (unpaired) electrons. The van der Waals surface area contributed by atoms with Crippen molar-refractivity contribution >= 4 is 33.8 Å². The monoisotopic (exact) mass is 279 g/mol. The van der Waals surface area contributed by atoms with Crippen LogP contribution in [0.4, 0.5) is 10.8 Å². The van der Waals surface area contributed by atoms with Crippen LogP contribution in [0.3, 0.4) is 0 Å². The summed E-state index contributed by atoms with van der Waals surface area (Å²) >= 11 is 7.62. The first-order valence-electron chi connectivity index (χ1n) is 6.00. The maximum absolute atomic E-state index is 5.93. The fourth-order valence-electron chi connectivity index (χ4n) is 2.15. The topological polar surface area (TPSA) is 42.1 Å². The van der Waals surface area contributed by atoms with E-state index < -0.39 is 0 Å². The average molecular weight is 280 g/mol. The van der Waals surface area contributed by atoms with Crippen LogP contribution in [-0.4, -0.2) is 18.1 Å². The Hall–Kier alpha value is -1.26. The number of benzene rings is 1. The molecule has 0 bridgehead atoms. The van der Waals surface area contributed by atoms with E-state index in [1.165, 1.54) is 12.8 Å². The minimum atomic E-state index is 0.591. The van der Waals surface area contributed by atoms with Crippen LogP contribution in [0.5, 0.6) is 0 Å². The van der Waals surface area contributed by atoms with Crippen molar-refractivity contribution in [1.29, 1.82) is 0 Å². The predicted molar refractivity (Wildman–Crippen MR) is 78.4 cm³/mol. The van der Waals surface area contributed by atoms with Crippen molar-refractivity contribution in [3.05, 3.63) is 28.6 Å². The molecule has 3 nitrogen and oxygen atoms in total. The van der Waals surface area contributed by atoms with E-state index in [1.807, 2.05) is 18.2 Å². The van der Waals surface area contributed by atoms with Gasteiger partial charge in [-0.15, -0.1) is 11.3 Å². The summed E-state index contributed by atoms with van der Waals surface area (Å²) in [7, 11) is 0. The molecule has 1 aliphatic heterocycles. The average Bonchev–Trinajstić information content (AvgIpc) is 3.01. The summed E-state index contributed by atoms with van der Waals surface area (Å²) in [4.78, 5) is 7.02. The lowest BCUT2D eigenvalue weighted by Crippen LogP contribution is -2.17. The summed E-state index contributed by atoms with van der Waals surface area (Å²) in [5, 5.41) is 3.78. The van der Waals surface area contributed by atoms with E-state index in [1.54, 1.807) is 11.3 Å². The summed E-state index contributed by atoms with van der Waals surface area (Å²) in [5.41, 5.74) is 8.43. The molecule has 0 saturated carbocycles. The van der Waals surface area contributed by atoms with Crippen LogP contribution in [0.15, 0.2) is 23.6 Å². The molecule has 0 amide bonds. The van der Waals surface area contributed by atoms with Crippen LogP contribution in [0.1, 0.15) is 12.8 Å². The summed E-state index contributed by atoms with van der Waals surface area (Å²) in [6, 6.07) is 5.66. The number of rotatable bonds is 2. The van der Waals surface area contributed by atoms with E-state index in [2.05, 4.69) is 15.3 Å².